The maximum atomic E-state index is 4.61. The average molecular weight is 240 g/mol. The van der Waals surface area contributed by atoms with Gasteiger partial charge in [-0.3, -0.25) is 0 Å². The summed E-state index contributed by atoms with van der Waals surface area (Å²) in [6, 6.07) is 0. The number of rotatable bonds is 1. The Hall–Kier alpha value is 0.0995. The molecular formula is C11H15NSe. The molecule has 0 aromatic carbocycles. The van der Waals surface area contributed by atoms with Crippen LogP contribution in [0.4, 0.5) is 0 Å². The number of nitrogens with zero attached hydrogens (tertiary/aromatic N) is 1. The molecule has 4 aliphatic carbocycles. The van der Waals surface area contributed by atoms with E-state index in [4.69, 9.17) is 0 Å². The predicted molar refractivity (Wildman–Crippen MR) is 54.1 cm³/mol. The van der Waals surface area contributed by atoms with Gasteiger partial charge in [-0.05, 0) is 0 Å². The van der Waals surface area contributed by atoms with Crippen LogP contribution in [0.2, 0.25) is 0 Å². The second kappa shape index (κ2) is 2.79. The molecule has 0 saturated heterocycles. The summed E-state index contributed by atoms with van der Waals surface area (Å²) in [4.78, 5) is 4.61. The summed E-state index contributed by atoms with van der Waals surface area (Å²) in [5.74, 6) is 3.01. The molecule has 13 heavy (non-hydrogen) atoms. The minimum absolute atomic E-state index is 0.333. The van der Waals surface area contributed by atoms with Crippen LogP contribution in [-0.4, -0.2) is 25.8 Å². The standard InChI is InChI=1S/C11H15NSe/c13-7-12-11-4-8-1-9(5-11)3-10(2-8)6-11/h8-10H,1-6H2. The topological polar surface area (TPSA) is 12.4 Å². The Labute approximate surface area is 87.4 Å². The summed E-state index contributed by atoms with van der Waals surface area (Å²) in [6.45, 7) is 0. The first kappa shape index (κ1) is 8.41. The van der Waals surface area contributed by atoms with Gasteiger partial charge in [0.2, 0.25) is 0 Å². The van der Waals surface area contributed by atoms with Crippen LogP contribution in [0.5, 0.6) is 0 Å². The van der Waals surface area contributed by atoms with E-state index in [1.54, 1.807) is 0 Å². The van der Waals surface area contributed by atoms with Crippen LogP contribution in [0.3, 0.4) is 0 Å². The van der Waals surface area contributed by atoms with Gasteiger partial charge in [-0.2, -0.15) is 0 Å². The SMILES string of the molecule is [Se]=C=NC12CC3CC(CC(C3)C1)C2. The molecule has 4 fully saturated rings. The second-order valence-corrected chi connectivity index (χ2v) is 5.73. The molecule has 0 aromatic rings. The van der Waals surface area contributed by atoms with Crippen LogP contribution in [0.1, 0.15) is 38.5 Å². The molecule has 4 saturated carbocycles. The van der Waals surface area contributed by atoms with Gasteiger partial charge in [0.1, 0.15) is 0 Å². The van der Waals surface area contributed by atoms with Crippen LogP contribution in [0.15, 0.2) is 4.99 Å². The molecule has 0 unspecified atom stereocenters. The Bertz CT molecular complexity index is 243. The van der Waals surface area contributed by atoms with Crippen molar-refractivity contribution >= 4 is 20.3 Å². The summed E-state index contributed by atoms with van der Waals surface area (Å²) < 4.78 is 2.92. The fourth-order valence-corrected chi connectivity index (χ4v) is 4.70. The quantitative estimate of drug-likeness (QED) is 0.491. The zero-order chi connectivity index (χ0) is 8.89. The molecule has 2 heteroatoms. The number of hydrogen-bond acceptors (Lipinski definition) is 1. The molecule has 0 N–H and O–H groups in total. The Morgan fingerprint density at radius 1 is 1.00 bits per heavy atom. The zero-order valence-corrected chi connectivity index (χ0v) is 9.54. The summed E-state index contributed by atoms with van der Waals surface area (Å²) in [5, 5.41) is 0. The summed E-state index contributed by atoms with van der Waals surface area (Å²) in [5.41, 5.74) is 0.333. The van der Waals surface area contributed by atoms with Crippen LogP contribution in [0.25, 0.3) is 0 Å². The molecular weight excluding hydrogens is 225 g/mol. The summed E-state index contributed by atoms with van der Waals surface area (Å²) in [7, 11) is 0. The van der Waals surface area contributed by atoms with E-state index in [0.29, 0.717) is 5.54 Å². The molecule has 0 aliphatic heterocycles. The van der Waals surface area contributed by atoms with Gasteiger partial charge in [-0.25, -0.2) is 0 Å². The van der Waals surface area contributed by atoms with Gasteiger partial charge in [0.05, 0.1) is 0 Å². The third-order valence-corrected chi connectivity index (χ3v) is 4.48. The normalized spacial score (nSPS) is 51.8. The molecule has 0 heterocycles. The van der Waals surface area contributed by atoms with Gasteiger partial charge in [-0.1, -0.05) is 0 Å². The Morgan fingerprint density at radius 3 is 1.85 bits per heavy atom. The van der Waals surface area contributed by atoms with Gasteiger partial charge in [0, 0.05) is 0 Å². The number of hydrogen-bond donors (Lipinski definition) is 0. The molecule has 0 spiro atoms. The van der Waals surface area contributed by atoms with Crippen LogP contribution < -0.4 is 0 Å². The molecule has 4 bridgehead atoms. The zero-order valence-electron chi connectivity index (χ0n) is 7.83. The first-order valence-corrected chi connectivity index (χ1v) is 6.24. The van der Waals surface area contributed by atoms with Crippen LogP contribution >= 0.6 is 0 Å². The average Bonchev–Trinajstić information content (AvgIpc) is 2.00. The van der Waals surface area contributed by atoms with Gasteiger partial charge in [0.15, 0.2) is 0 Å². The van der Waals surface area contributed by atoms with Crippen molar-refractivity contribution in [2.45, 2.75) is 44.1 Å². The van der Waals surface area contributed by atoms with E-state index in [1.807, 2.05) is 0 Å². The monoisotopic (exact) mass is 241 g/mol. The van der Waals surface area contributed by atoms with Crippen molar-refractivity contribution in [2.75, 3.05) is 0 Å². The molecule has 4 aliphatic rings. The van der Waals surface area contributed by atoms with Crippen molar-refractivity contribution in [1.82, 2.24) is 0 Å². The van der Waals surface area contributed by atoms with Gasteiger partial charge >= 0.3 is 87.1 Å². The first-order valence-electron chi connectivity index (χ1n) is 5.39. The van der Waals surface area contributed by atoms with E-state index >= 15 is 0 Å². The number of aliphatic imine (C=N–C) groups is 1. The molecule has 0 atom stereocenters. The Kier molecular flexibility index (Phi) is 1.81. The van der Waals surface area contributed by atoms with Crippen LogP contribution in [0, 0.1) is 17.8 Å². The van der Waals surface area contributed by atoms with Gasteiger partial charge in [0.25, 0.3) is 0 Å². The molecule has 4 rings (SSSR count). The first-order chi connectivity index (χ1) is 6.30. The van der Waals surface area contributed by atoms with E-state index < -0.39 is 0 Å². The van der Waals surface area contributed by atoms with Crippen molar-refractivity contribution in [2.24, 2.45) is 22.7 Å². The van der Waals surface area contributed by atoms with Crippen molar-refractivity contribution in [3.8, 4) is 0 Å². The fraction of sp³-hybridized carbons (Fsp3) is 0.909. The third kappa shape index (κ3) is 1.28. The van der Waals surface area contributed by atoms with E-state index in [2.05, 4.69) is 25.3 Å². The summed E-state index contributed by atoms with van der Waals surface area (Å²) in [6.07, 6.45) is 8.57. The van der Waals surface area contributed by atoms with Crippen molar-refractivity contribution < 1.29 is 0 Å². The van der Waals surface area contributed by atoms with E-state index in [1.165, 1.54) is 38.5 Å². The predicted octanol–water partition coefficient (Wildman–Crippen LogP) is 2.03. The van der Waals surface area contributed by atoms with Crippen molar-refractivity contribution in [1.29, 1.82) is 0 Å². The van der Waals surface area contributed by atoms with E-state index in [0.717, 1.165) is 17.8 Å². The second-order valence-electron chi connectivity index (χ2n) is 5.34. The molecule has 70 valence electrons. The van der Waals surface area contributed by atoms with Crippen molar-refractivity contribution in [3.05, 3.63) is 0 Å². The third-order valence-electron chi connectivity index (χ3n) is 4.29. The van der Waals surface area contributed by atoms with Gasteiger partial charge in [-0.15, -0.1) is 0 Å². The fourth-order valence-electron chi connectivity index (χ4n) is 4.30. The van der Waals surface area contributed by atoms with Crippen LogP contribution in [-0.2, 0) is 0 Å². The Balaban J connectivity index is 1.95. The molecule has 0 radical (unpaired) electrons. The maximum absolute atomic E-state index is 4.61. The van der Waals surface area contributed by atoms with Crippen molar-refractivity contribution in [3.63, 3.8) is 0 Å². The van der Waals surface area contributed by atoms with Gasteiger partial charge < -0.3 is 0 Å². The minimum atomic E-state index is 0.333. The Morgan fingerprint density at radius 2 is 1.46 bits per heavy atom. The summed E-state index contributed by atoms with van der Waals surface area (Å²) >= 11 is 2.80. The molecule has 1 nitrogen and oxygen atoms in total. The van der Waals surface area contributed by atoms with E-state index in [-0.39, 0.29) is 0 Å². The molecule has 0 amide bonds. The molecule has 0 aromatic heterocycles. The van der Waals surface area contributed by atoms with E-state index in [9.17, 15) is 0 Å².